The number of Topliss-reactive ketones (excluding diaryl/α,β-unsaturated/α-hetero) is 1. The minimum atomic E-state index is -3.72. The molecule has 0 unspecified atom stereocenters. The third-order valence-corrected chi connectivity index (χ3v) is 6.39. The number of hydrogen-bond acceptors (Lipinski definition) is 4. The van der Waals surface area contributed by atoms with Gasteiger partial charge in [0.15, 0.2) is 5.78 Å². The summed E-state index contributed by atoms with van der Waals surface area (Å²) in [5.74, 6) is -0.207. The van der Waals surface area contributed by atoms with Gasteiger partial charge in [-0.1, -0.05) is 48.5 Å². The summed E-state index contributed by atoms with van der Waals surface area (Å²) in [6.07, 6.45) is 2.93. The number of nitrogens with one attached hydrogen (secondary N) is 1. The molecule has 152 valence electrons. The third-order valence-electron chi connectivity index (χ3n) is 4.91. The van der Waals surface area contributed by atoms with Crippen LogP contribution in [-0.2, 0) is 14.8 Å². The molecule has 0 aliphatic carbocycles. The van der Waals surface area contributed by atoms with Gasteiger partial charge >= 0.3 is 0 Å². The van der Waals surface area contributed by atoms with Crippen molar-refractivity contribution in [1.82, 2.24) is 9.62 Å². The topological polar surface area (TPSA) is 83.5 Å². The lowest BCUT2D eigenvalue weighted by Gasteiger charge is -2.26. The quantitative estimate of drug-likeness (QED) is 0.709. The number of amides is 1. The Hall–Kier alpha value is -2.77. The van der Waals surface area contributed by atoms with E-state index in [4.69, 9.17) is 0 Å². The molecular formula is C22H24N2O4S. The van der Waals surface area contributed by atoms with Crippen molar-refractivity contribution < 1.29 is 18.0 Å². The largest absolute Gasteiger partial charge is 0.339 e. The summed E-state index contributed by atoms with van der Waals surface area (Å²) in [6, 6.07) is 15.8. The van der Waals surface area contributed by atoms with Crippen LogP contribution in [-0.4, -0.2) is 44.6 Å². The molecule has 0 atom stereocenters. The molecular weight excluding hydrogens is 388 g/mol. The number of carbonyl (C=O) groups is 2. The fourth-order valence-corrected chi connectivity index (χ4v) is 4.24. The minimum absolute atomic E-state index is 0.0291. The van der Waals surface area contributed by atoms with Crippen LogP contribution in [0.25, 0.3) is 5.57 Å². The number of sulfonamides is 1. The van der Waals surface area contributed by atoms with E-state index in [0.29, 0.717) is 18.7 Å². The molecule has 0 bridgehead atoms. The number of nitrogens with zero attached hydrogens (tertiary/aromatic N) is 1. The molecule has 3 rings (SSSR count). The first kappa shape index (κ1) is 21.0. The Labute approximate surface area is 171 Å². The predicted molar refractivity (Wildman–Crippen MR) is 112 cm³/mol. The first-order valence-electron chi connectivity index (χ1n) is 9.50. The lowest BCUT2D eigenvalue weighted by Crippen LogP contribution is -2.37. The van der Waals surface area contributed by atoms with Crippen molar-refractivity contribution in [2.45, 2.75) is 24.7 Å². The summed E-state index contributed by atoms with van der Waals surface area (Å²) in [5.41, 5.74) is 2.85. The number of hydrogen-bond donors (Lipinski definition) is 1. The molecule has 1 amide bonds. The van der Waals surface area contributed by atoms with Gasteiger partial charge in [-0.25, -0.2) is 13.1 Å². The summed E-state index contributed by atoms with van der Waals surface area (Å²) in [5, 5.41) is 0. The van der Waals surface area contributed by atoms with Crippen LogP contribution in [0.3, 0.4) is 0 Å². The van der Waals surface area contributed by atoms with Crippen LogP contribution in [0.2, 0.25) is 0 Å². The summed E-state index contributed by atoms with van der Waals surface area (Å²) in [4.78, 5) is 25.5. The molecule has 0 radical (unpaired) electrons. The smallest absolute Gasteiger partial charge is 0.240 e. The van der Waals surface area contributed by atoms with Crippen molar-refractivity contribution in [1.29, 1.82) is 0 Å². The number of benzene rings is 2. The van der Waals surface area contributed by atoms with Crippen LogP contribution in [0.1, 0.15) is 35.7 Å². The lowest BCUT2D eigenvalue weighted by molar-refractivity contribution is -0.130. The van der Waals surface area contributed by atoms with Crippen LogP contribution < -0.4 is 4.72 Å². The van der Waals surface area contributed by atoms with Crippen molar-refractivity contribution in [2.24, 2.45) is 0 Å². The highest BCUT2D eigenvalue weighted by atomic mass is 32.2. The van der Waals surface area contributed by atoms with Crippen molar-refractivity contribution in [3.05, 3.63) is 71.8 Å². The van der Waals surface area contributed by atoms with E-state index < -0.39 is 10.0 Å². The van der Waals surface area contributed by atoms with Crippen LogP contribution in [0.4, 0.5) is 0 Å². The van der Waals surface area contributed by atoms with E-state index in [9.17, 15) is 18.0 Å². The molecule has 0 saturated carbocycles. The van der Waals surface area contributed by atoms with Crippen LogP contribution >= 0.6 is 0 Å². The Morgan fingerprint density at radius 1 is 1.03 bits per heavy atom. The molecule has 1 N–H and O–H groups in total. The Balaban J connectivity index is 1.51. The zero-order valence-electron chi connectivity index (χ0n) is 16.3. The molecule has 1 aliphatic heterocycles. The summed E-state index contributed by atoms with van der Waals surface area (Å²) in [6.45, 7) is 2.61. The molecule has 0 aromatic heterocycles. The Morgan fingerprint density at radius 3 is 2.31 bits per heavy atom. The van der Waals surface area contributed by atoms with Crippen LogP contribution in [0, 0.1) is 0 Å². The van der Waals surface area contributed by atoms with Crippen molar-refractivity contribution in [3.8, 4) is 0 Å². The predicted octanol–water partition coefficient (Wildman–Crippen LogP) is 2.87. The standard InChI is InChI=1S/C22H24N2O4S/c1-17(25)18-7-9-21(10-8-18)29(27,28)23-14-11-22(26)24-15-12-20(13-16-24)19-5-3-2-4-6-19/h2-10,12,23H,11,13-16H2,1H3. The minimum Gasteiger partial charge on any atom is -0.339 e. The maximum Gasteiger partial charge on any atom is 0.240 e. The maximum absolute atomic E-state index is 12.4. The van der Waals surface area contributed by atoms with Gasteiger partial charge < -0.3 is 4.90 Å². The second-order valence-corrected chi connectivity index (χ2v) is 8.68. The van der Waals surface area contributed by atoms with Gasteiger partial charge in [-0.15, -0.1) is 0 Å². The Bertz CT molecular complexity index is 1010. The van der Waals surface area contributed by atoms with Crippen molar-refractivity contribution >= 4 is 27.3 Å². The average Bonchev–Trinajstić information content (AvgIpc) is 2.74. The Kier molecular flexibility index (Phi) is 6.61. The number of ketones is 1. The lowest BCUT2D eigenvalue weighted by atomic mass is 9.99. The molecule has 7 heteroatoms. The molecule has 1 heterocycles. The third kappa shape index (κ3) is 5.40. The van der Waals surface area contributed by atoms with Gasteiger partial charge in [0.1, 0.15) is 0 Å². The number of rotatable bonds is 7. The van der Waals surface area contributed by atoms with Gasteiger partial charge in [0.05, 0.1) is 4.90 Å². The second kappa shape index (κ2) is 9.15. The van der Waals surface area contributed by atoms with E-state index >= 15 is 0 Å². The molecule has 0 spiro atoms. The summed E-state index contributed by atoms with van der Waals surface area (Å²) < 4.78 is 27.1. The first-order valence-corrected chi connectivity index (χ1v) is 11.0. The number of carbonyl (C=O) groups excluding carboxylic acids is 2. The fourth-order valence-electron chi connectivity index (χ4n) is 3.21. The molecule has 29 heavy (non-hydrogen) atoms. The summed E-state index contributed by atoms with van der Waals surface area (Å²) in [7, 11) is -3.72. The molecule has 0 fully saturated rings. The van der Waals surface area contributed by atoms with E-state index in [1.807, 2.05) is 18.2 Å². The van der Waals surface area contributed by atoms with Gasteiger partial charge in [-0.3, -0.25) is 9.59 Å². The fraction of sp³-hybridized carbons (Fsp3) is 0.273. The second-order valence-electron chi connectivity index (χ2n) is 6.91. The Morgan fingerprint density at radius 2 is 1.72 bits per heavy atom. The normalized spacial score (nSPS) is 14.4. The van der Waals surface area contributed by atoms with Gasteiger partial charge in [0, 0.05) is 31.6 Å². The van der Waals surface area contributed by atoms with Gasteiger partial charge in [-0.2, -0.15) is 0 Å². The molecule has 2 aromatic carbocycles. The first-order chi connectivity index (χ1) is 13.9. The van der Waals surface area contributed by atoms with Gasteiger partial charge in [0.25, 0.3) is 0 Å². The molecule has 0 saturated heterocycles. The maximum atomic E-state index is 12.4. The summed E-state index contributed by atoms with van der Waals surface area (Å²) >= 11 is 0. The van der Waals surface area contributed by atoms with E-state index in [1.54, 1.807) is 4.90 Å². The molecule has 1 aliphatic rings. The monoisotopic (exact) mass is 412 g/mol. The van der Waals surface area contributed by atoms with Crippen molar-refractivity contribution in [2.75, 3.05) is 19.6 Å². The molecule has 6 nitrogen and oxygen atoms in total. The van der Waals surface area contributed by atoms with E-state index in [0.717, 1.165) is 6.42 Å². The molecule has 2 aromatic rings. The zero-order valence-corrected chi connectivity index (χ0v) is 17.1. The SMILES string of the molecule is CC(=O)c1ccc(S(=O)(=O)NCCC(=O)N2CC=C(c3ccccc3)CC2)cc1. The van der Waals surface area contributed by atoms with Crippen LogP contribution in [0.15, 0.2) is 65.6 Å². The zero-order chi connectivity index (χ0) is 20.9. The van der Waals surface area contributed by atoms with Gasteiger partial charge in [-0.05, 0) is 36.6 Å². The van der Waals surface area contributed by atoms with Gasteiger partial charge in [0.2, 0.25) is 15.9 Å². The highest BCUT2D eigenvalue weighted by Crippen LogP contribution is 2.22. The highest BCUT2D eigenvalue weighted by molar-refractivity contribution is 7.89. The van der Waals surface area contributed by atoms with E-state index in [-0.39, 0.29) is 29.6 Å². The average molecular weight is 413 g/mol. The highest BCUT2D eigenvalue weighted by Gasteiger charge is 2.19. The van der Waals surface area contributed by atoms with Crippen LogP contribution in [0.5, 0.6) is 0 Å². The van der Waals surface area contributed by atoms with E-state index in [2.05, 4.69) is 22.9 Å². The van der Waals surface area contributed by atoms with Crippen molar-refractivity contribution in [3.63, 3.8) is 0 Å². The van der Waals surface area contributed by atoms with E-state index in [1.165, 1.54) is 42.3 Å².